The zero-order valence-corrected chi connectivity index (χ0v) is 13.7. The van der Waals surface area contributed by atoms with Gasteiger partial charge in [-0.15, -0.1) is 0 Å². The van der Waals surface area contributed by atoms with Crippen LogP contribution in [0.4, 0.5) is 0 Å². The van der Waals surface area contributed by atoms with Gasteiger partial charge in [0.25, 0.3) is 0 Å². The third-order valence-corrected chi connectivity index (χ3v) is 4.34. The maximum absolute atomic E-state index is 5.63. The lowest BCUT2D eigenvalue weighted by Gasteiger charge is -2.34. The van der Waals surface area contributed by atoms with Crippen molar-refractivity contribution in [3.8, 4) is 0 Å². The normalized spacial score (nSPS) is 26.1. The topological polar surface area (TPSA) is 21.3 Å². The van der Waals surface area contributed by atoms with Gasteiger partial charge in [0, 0.05) is 18.7 Å². The highest BCUT2D eigenvalue weighted by atomic mass is 16.5. The van der Waals surface area contributed by atoms with E-state index in [1.54, 1.807) is 0 Å². The molecule has 0 aromatic carbocycles. The largest absolute Gasteiger partial charge is 0.380 e. The lowest BCUT2D eigenvalue weighted by atomic mass is 9.80. The van der Waals surface area contributed by atoms with Crippen LogP contribution in [0, 0.1) is 17.8 Å². The van der Waals surface area contributed by atoms with E-state index in [1.165, 1.54) is 32.1 Å². The zero-order chi connectivity index (χ0) is 14.3. The maximum atomic E-state index is 5.63. The first-order valence-corrected chi connectivity index (χ1v) is 8.36. The second-order valence-electron chi connectivity index (χ2n) is 7.04. The van der Waals surface area contributed by atoms with Gasteiger partial charge in [0.05, 0.1) is 6.61 Å². The van der Waals surface area contributed by atoms with E-state index in [9.17, 15) is 0 Å². The molecular weight excluding hydrogens is 234 g/mol. The molecule has 1 saturated carbocycles. The van der Waals surface area contributed by atoms with Crippen LogP contribution in [-0.4, -0.2) is 25.3 Å². The first-order valence-electron chi connectivity index (χ1n) is 8.36. The number of hydrogen-bond donors (Lipinski definition) is 1. The summed E-state index contributed by atoms with van der Waals surface area (Å²) in [6, 6.07) is 1.23. The first kappa shape index (κ1) is 17.0. The van der Waals surface area contributed by atoms with Crippen LogP contribution in [-0.2, 0) is 4.74 Å². The minimum absolute atomic E-state index is 0.516. The predicted molar refractivity (Wildman–Crippen MR) is 83.5 cm³/mol. The first-order chi connectivity index (χ1) is 9.02. The second kappa shape index (κ2) is 8.97. The van der Waals surface area contributed by atoms with Gasteiger partial charge in [-0.05, 0) is 43.9 Å². The molecule has 0 aliphatic heterocycles. The van der Waals surface area contributed by atoms with Crippen molar-refractivity contribution in [1.82, 2.24) is 5.32 Å². The molecular formula is C17H35NO. The minimum atomic E-state index is 0.516. The zero-order valence-electron chi connectivity index (χ0n) is 13.7. The Morgan fingerprint density at radius 3 is 2.47 bits per heavy atom. The Morgan fingerprint density at radius 2 is 1.89 bits per heavy atom. The Hall–Kier alpha value is -0.0800. The molecule has 1 rings (SSSR count). The highest BCUT2D eigenvalue weighted by Crippen LogP contribution is 2.29. The lowest BCUT2D eigenvalue weighted by Crippen LogP contribution is -2.46. The molecule has 1 N–H and O–H groups in total. The molecule has 114 valence electrons. The fourth-order valence-corrected chi connectivity index (χ4v) is 3.30. The molecule has 1 aliphatic rings. The van der Waals surface area contributed by atoms with Crippen molar-refractivity contribution >= 4 is 0 Å². The van der Waals surface area contributed by atoms with Crippen molar-refractivity contribution in [2.45, 2.75) is 78.8 Å². The van der Waals surface area contributed by atoms with E-state index in [2.05, 4.69) is 39.9 Å². The summed E-state index contributed by atoms with van der Waals surface area (Å²) in [5, 5.41) is 3.87. The Labute approximate surface area is 120 Å². The molecule has 19 heavy (non-hydrogen) atoms. The summed E-state index contributed by atoms with van der Waals surface area (Å²) in [6.07, 6.45) is 6.95. The summed E-state index contributed by atoms with van der Waals surface area (Å²) in [4.78, 5) is 0. The molecule has 2 heteroatoms. The SMILES string of the molecule is CCOCC(NC1CCCC(CC(C)C)C1)C(C)C. The fourth-order valence-electron chi connectivity index (χ4n) is 3.30. The van der Waals surface area contributed by atoms with Crippen LogP contribution < -0.4 is 5.32 Å². The molecule has 0 heterocycles. The number of hydrogen-bond acceptors (Lipinski definition) is 2. The van der Waals surface area contributed by atoms with Crippen LogP contribution in [0.2, 0.25) is 0 Å². The van der Waals surface area contributed by atoms with Crippen molar-refractivity contribution in [3.05, 3.63) is 0 Å². The van der Waals surface area contributed by atoms with Crippen LogP contribution >= 0.6 is 0 Å². The Morgan fingerprint density at radius 1 is 1.16 bits per heavy atom. The molecule has 3 atom stereocenters. The van der Waals surface area contributed by atoms with Crippen LogP contribution in [0.3, 0.4) is 0 Å². The molecule has 0 radical (unpaired) electrons. The summed E-state index contributed by atoms with van der Waals surface area (Å²) in [5.41, 5.74) is 0. The van der Waals surface area contributed by atoms with Crippen LogP contribution in [0.25, 0.3) is 0 Å². The van der Waals surface area contributed by atoms with Crippen molar-refractivity contribution < 1.29 is 4.74 Å². The van der Waals surface area contributed by atoms with Gasteiger partial charge in [0.2, 0.25) is 0 Å². The number of nitrogens with one attached hydrogen (secondary N) is 1. The Balaban J connectivity index is 2.40. The van der Waals surface area contributed by atoms with Gasteiger partial charge in [-0.1, -0.05) is 40.5 Å². The quantitative estimate of drug-likeness (QED) is 0.711. The van der Waals surface area contributed by atoms with Crippen molar-refractivity contribution in [3.63, 3.8) is 0 Å². The highest BCUT2D eigenvalue weighted by molar-refractivity contribution is 4.82. The van der Waals surface area contributed by atoms with E-state index in [0.717, 1.165) is 25.0 Å². The average Bonchev–Trinajstić information content (AvgIpc) is 2.33. The molecule has 3 unspecified atom stereocenters. The van der Waals surface area contributed by atoms with Gasteiger partial charge in [-0.3, -0.25) is 0 Å². The van der Waals surface area contributed by atoms with E-state index >= 15 is 0 Å². The predicted octanol–water partition coefficient (Wildman–Crippen LogP) is 4.24. The van der Waals surface area contributed by atoms with E-state index < -0.39 is 0 Å². The van der Waals surface area contributed by atoms with Crippen LogP contribution in [0.1, 0.15) is 66.7 Å². The average molecular weight is 269 g/mol. The molecule has 0 amide bonds. The van der Waals surface area contributed by atoms with Crippen molar-refractivity contribution in [2.24, 2.45) is 17.8 Å². The summed E-state index contributed by atoms with van der Waals surface area (Å²) in [6.45, 7) is 13.1. The van der Waals surface area contributed by atoms with Crippen LogP contribution in [0.15, 0.2) is 0 Å². The van der Waals surface area contributed by atoms with Crippen molar-refractivity contribution in [2.75, 3.05) is 13.2 Å². The van der Waals surface area contributed by atoms with Gasteiger partial charge in [0.15, 0.2) is 0 Å². The van der Waals surface area contributed by atoms with Crippen LogP contribution in [0.5, 0.6) is 0 Å². The second-order valence-corrected chi connectivity index (χ2v) is 7.04. The third kappa shape index (κ3) is 6.76. The van der Waals surface area contributed by atoms with Gasteiger partial charge in [-0.2, -0.15) is 0 Å². The van der Waals surface area contributed by atoms with E-state index in [4.69, 9.17) is 4.74 Å². The Bertz CT molecular complexity index is 227. The molecule has 0 bridgehead atoms. The van der Waals surface area contributed by atoms with Crippen molar-refractivity contribution in [1.29, 1.82) is 0 Å². The number of rotatable bonds is 8. The summed E-state index contributed by atoms with van der Waals surface area (Å²) in [7, 11) is 0. The van der Waals surface area contributed by atoms with E-state index in [1.807, 2.05) is 0 Å². The molecule has 0 aromatic rings. The highest BCUT2D eigenvalue weighted by Gasteiger charge is 2.25. The third-order valence-electron chi connectivity index (χ3n) is 4.34. The summed E-state index contributed by atoms with van der Waals surface area (Å²) in [5.74, 6) is 2.43. The maximum Gasteiger partial charge on any atom is 0.0622 e. The standard InChI is InChI=1S/C17H35NO/c1-6-19-12-17(14(4)5)18-16-9-7-8-15(11-16)10-13(2)3/h13-18H,6-12H2,1-5H3. The monoisotopic (exact) mass is 269 g/mol. The summed E-state index contributed by atoms with van der Waals surface area (Å²) < 4.78 is 5.63. The fraction of sp³-hybridized carbons (Fsp3) is 1.00. The summed E-state index contributed by atoms with van der Waals surface area (Å²) >= 11 is 0. The number of ether oxygens (including phenoxy) is 1. The van der Waals surface area contributed by atoms with E-state index in [0.29, 0.717) is 18.0 Å². The lowest BCUT2D eigenvalue weighted by molar-refractivity contribution is 0.0967. The van der Waals surface area contributed by atoms with Gasteiger partial charge < -0.3 is 10.1 Å². The molecule has 0 aromatic heterocycles. The minimum Gasteiger partial charge on any atom is -0.380 e. The smallest absolute Gasteiger partial charge is 0.0622 e. The molecule has 1 aliphatic carbocycles. The molecule has 0 spiro atoms. The van der Waals surface area contributed by atoms with E-state index in [-0.39, 0.29) is 0 Å². The molecule has 2 nitrogen and oxygen atoms in total. The van der Waals surface area contributed by atoms with Gasteiger partial charge >= 0.3 is 0 Å². The Kier molecular flexibility index (Phi) is 8.01. The molecule has 1 fully saturated rings. The molecule has 0 saturated heterocycles. The van der Waals surface area contributed by atoms with Gasteiger partial charge in [-0.25, -0.2) is 0 Å². The van der Waals surface area contributed by atoms with Gasteiger partial charge in [0.1, 0.15) is 0 Å².